The average Bonchev–Trinajstić information content (AvgIpc) is 2.46. The normalized spacial score (nSPS) is 10.1. The molecule has 3 nitrogen and oxygen atoms in total. The Balaban J connectivity index is 2.34. The molecule has 0 aliphatic heterocycles. The number of nitrogens with zero attached hydrogens (tertiary/aromatic N) is 2. The van der Waals surface area contributed by atoms with Gasteiger partial charge in [0.05, 0.1) is 5.56 Å². The van der Waals surface area contributed by atoms with Crippen molar-refractivity contribution in [1.29, 1.82) is 0 Å². The van der Waals surface area contributed by atoms with E-state index >= 15 is 0 Å². The number of carbonyl (C=O) groups is 1. The lowest BCUT2D eigenvalue weighted by molar-refractivity contribution is 0.0802. The van der Waals surface area contributed by atoms with Crippen LogP contribution in [0.2, 0.25) is 0 Å². The summed E-state index contributed by atoms with van der Waals surface area (Å²) in [5.74, 6) is 0.00258. The van der Waals surface area contributed by atoms with Crippen LogP contribution in [0.4, 0.5) is 0 Å². The lowest BCUT2D eigenvalue weighted by Gasteiger charge is -2.14. The lowest BCUT2D eigenvalue weighted by Crippen LogP contribution is -2.26. The highest BCUT2D eigenvalue weighted by Crippen LogP contribution is 2.19. The summed E-state index contributed by atoms with van der Waals surface area (Å²) >= 11 is 0. The van der Waals surface area contributed by atoms with Crippen LogP contribution in [0.3, 0.4) is 0 Å². The SMILES string of the molecule is CCN(C)C(=O)c1cncc(-c2ccccc2)c1. The van der Waals surface area contributed by atoms with Gasteiger partial charge in [0, 0.05) is 31.5 Å². The van der Waals surface area contributed by atoms with Gasteiger partial charge in [-0.15, -0.1) is 0 Å². The zero-order valence-electron chi connectivity index (χ0n) is 10.6. The van der Waals surface area contributed by atoms with Gasteiger partial charge in [-0.2, -0.15) is 0 Å². The van der Waals surface area contributed by atoms with E-state index in [9.17, 15) is 4.79 Å². The number of carbonyl (C=O) groups excluding carboxylic acids is 1. The highest BCUT2D eigenvalue weighted by molar-refractivity contribution is 5.94. The summed E-state index contributed by atoms with van der Waals surface area (Å²) in [6.45, 7) is 2.64. The topological polar surface area (TPSA) is 33.2 Å². The van der Waals surface area contributed by atoms with Crippen LogP contribution in [0, 0.1) is 0 Å². The Morgan fingerprint density at radius 2 is 1.89 bits per heavy atom. The molecule has 92 valence electrons. The standard InChI is InChI=1S/C15H16N2O/c1-3-17(2)15(18)14-9-13(10-16-11-14)12-7-5-4-6-8-12/h4-11H,3H2,1-2H3. The Morgan fingerprint density at radius 3 is 2.56 bits per heavy atom. The third-order valence-corrected chi connectivity index (χ3v) is 2.91. The van der Waals surface area contributed by atoms with Crippen molar-refractivity contribution >= 4 is 5.91 Å². The second-order valence-electron chi connectivity index (χ2n) is 4.15. The van der Waals surface area contributed by atoms with Crippen molar-refractivity contribution in [2.75, 3.05) is 13.6 Å². The van der Waals surface area contributed by atoms with Crippen molar-refractivity contribution < 1.29 is 4.79 Å². The van der Waals surface area contributed by atoms with Crippen LogP contribution < -0.4 is 0 Å². The molecule has 1 aromatic heterocycles. The number of rotatable bonds is 3. The number of pyridine rings is 1. The fourth-order valence-corrected chi connectivity index (χ4v) is 1.71. The number of hydrogen-bond acceptors (Lipinski definition) is 2. The molecular formula is C15H16N2O. The van der Waals surface area contributed by atoms with Crippen LogP contribution in [0.5, 0.6) is 0 Å². The summed E-state index contributed by atoms with van der Waals surface area (Å²) in [6, 6.07) is 11.8. The second kappa shape index (κ2) is 5.45. The molecule has 0 radical (unpaired) electrons. The van der Waals surface area contributed by atoms with E-state index in [1.807, 2.05) is 43.3 Å². The van der Waals surface area contributed by atoms with Gasteiger partial charge in [0.15, 0.2) is 0 Å². The summed E-state index contributed by atoms with van der Waals surface area (Å²) in [5, 5.41) is 0. The maximum atomic E-state index is 12.0. The van der Waals surface area contributed by atoms with Gasteiger partial charge in [-0.1, -0.05) is 30.3 Å². The zero-order valence-corrected chi connectivity index (χ0v) is 10.6. The van der Waals surface area contributed by atoms with Gasteiger partial charge in [0.1, 0.15) is 0 Å². The van der Waals surface area contributed by atoms with E-state index in [4.69, 9.17) is 0 Å². The van der Waals surface area contributed by atoms with E-state index in [0.717, 1.165) is 11.1 Å². The molecule has 0 aliphatic rings. The third-order valence-electron chi connectivity index (χ3n) is 2.91. The Bertz CT molecular complexity index is 537. The van der Waals surface area contributed by atoms with E-state index in [2.05, 4.69) is 4.98 Å². The minimum atomic E-state index is 0.00258. The summed E-state index contributed by atoms with van der Waals surface area (Å²) in [7, 11) is 1.79. The van der Waals surface area contributed by atoms with Gasteiger partial charge in [0.2, 0.25) is 0 Å². The first-order chi connectivity index (χ1) is 8.72. The number of aromatic nitrogens is 1. The Labute approximate surface area is 107 Å². The molecule has 0 saturated carbocycles. The molecule has 0 saturated heterocycles. The summed E-state index contributed by atoms with van der Waals surface area (Å²) < 4.78 is 0. The first-order valence-electron chi connectivity index (χ1n) is 5.98. The van der Waals surface area contributed by atoms with Gasteiger partial charge < -0.3 is 4.90 Å². The molecule has 3 heteroatoms. The Kier molecular flexibility index (Phi) is 3.72. The quantitative estimate of drug-likeness (QED) is 0.826. The maximum Gasteiger partial charge on any atom is 0.255 e. The average molecular weight is 240 g/mol. The van der Waals surface area contributed by atoms with Crippen LogP contribution >= 0.6 is 0 Å². The first-order valence-corrected chi connectivity index (χ1v) is 5.98. The van der Waals surface area contributed by atoms with E-state index in [1.165, 1.54) is 0 Å². The van der Waals surface area contributed by atoms with E-state index in [1.54, 1.807) is 24.3 Å². The lowest BCUT2D eigenvalue weighted by atomic mass is 10.1. The molecule has 1 heterocycles. The molecular weight excluding hydrogens is 224 g/mol. The van der Waals surface area contributed by atoms with Crippen LogP contribution in [0.1, 0.15) is 17.3 Å². The molecule has 0 atom stereocenters. The highest BCUT2D eigenvalue weighted by Gasteiger charge is 2.11. The van der Waals surface area contributed by atoms with Gasteiger partial charge in [-0.3, -0.25) is 9.78 Å². The van der Waals surface area contributed by atoms with Crippen molar-refractivity contribution in [3.8, 4) is 11.1 Å². The molecule has 2 rings (SSSR count). The monoisotopic (exact) mass is 240 g/mol. The minimum Gasteiger partial charge on any atom is -0.342 e. The van der Waals surface area contributed by atoms with Gasteiger partial charge in [0.25, 0.3) is 5.91 Å². The summed E-state index contributed by atoms with van der Waals surface area (Å²) in [5.41, 5.74) is 2.66. The van der Waals surface area contributed by atoms with Crippen molar-refractivity contribution in [2.24, 2.45) is 0 Å². The number of hydrogen-bond donors (Lipinski definition) is 0. The molecule has 2 aromatic rings. The Hall–Kier alpha value is -2.16. The van der Waals surface area contributed by atoms with Gasteiger partial charge >= 0.3 is 0 Å². The highest BCUT2D eigenvalue weighted by atomic mass is 16.2. The third kappa shape index (κ3) is 2.56. The van der Waals surface area contributed by atoms with Crippen molar-refractivity contribution in [2.45, 2.75) is 6.92 Å². The number of amides is 1. The van der Waals surface area contributed by atoms with Crippen LogP contribution in [-0.2, 0) is 0 Å². The second-order valence-corrected chi connectivity index (χ2v) is 4.15. The predicted molar refractivity (Wildman–Crippen MR) is 72.3 cm³/mol. The molecule has 0 spiro atoms. The van der Waals surface area contributed by atoms with Crippen molar-refractivity contribution in [3.63, 3.8) is 0 Å². The van der Waals surface area contributed by atoms with Crippen molar-refractivity contribution in [3.05, 3.63) is 54.4 Å². The molecule has 0 unspecified atom stereocenters. The molecule has 1 amide bonds. The zero-order chi connectivity index (χ0) is 13.0. The molecule has 0 fully saturated rings. The summed E-state index contributed by atoms with van der Waals surface area (Å²) in [4.78, 5) is 17.9. The van der Waals surface area contributed by atoms with E-state index < -0.39 is 0 Å². The predicted octanol–water partition coefficient (Wildman–Crippen LogP) is 2.84. The molecule has 0 aliphatic carbocycles. The molecule has 1 aromatic carbocycles. The Morgan fingerprint density at radius 1 is 1.17 bits per heavy atom. The van der Waals surface area contributed by atoms with E-state index in [0.29, 0.717) is 12.1 Å². The molecule has 18 heavy (non-hydrogen) atoms. The van der Waals surface area contributed by atoms with Crippen LogP contribution in [0.15, 0.2) is 48.8 Å². The van der Waals surface area contributed by atoms with E-state index in [-0.39, 0.29) is 5.91 Å². The smallest absolute Gasteiger partial charge is 0.255 e. The van der Waals surface area contributed by atoms with Crippen LogP contribution in [-0.4, -0.2) is 29.4 Å². The minimum absolute atomic E-state index is 0.00258. The first kappa shape index (κ1) is 12.3. The molecule has 0 bridgehead atoms. The fourth-order valence-electron chi connectivity index (χ4n) is 1.71. The molecule has 0 N–H and O–H groups in total. The summed E-state index contributed by atoms with van der Waals surface area (Å²) in [6.07, 6.45) is 3.39. The van der Waals surface area contributed by atoms with Crippen molar-refractivity contribution in [1.82, 2.24) is 9.88 Å². The fraction of sp³-hybridized carbons (Fsp3) is 0.200. The van der Waals surface area contributed by atoms with Gasteiger partial charge in [-0.25, -0.2) is 0 Å². The largest absolute Gasteiger partial charge is 0.342 e. The van der Waals surface area contributed by atoms with Crippen LogP contribution in [0.25, 0.3) is 11.1 Å². The number of benzene rings is 1. The van der Waals surface area contributed by atoms with Gasteiger partial charge in [-0.05, 0) is 18.6 Å². The maximum absolute atomic E-state index is 12.0.